The van der Waals surface area contributed by atoms with Crippen LogP contribution in [0.1, 0.15) is 12.5 Å². The fourth-order valence-electron chi connectivity index (χ4n) is 1.26. The van der Waals surface area contributed by atoms with E-state index in [4.69, 9.17) is 5.11 Å². The molecule has 0 heterocycles. The van der Waals surface area contributed by atoms with E-state index in [0.717, 1.165) is 10.0 Å². The zero-order valence-electron chi connectivity index (χ0n) is 10.2. The maximum Gasteiger partial charge on any atom is 0.320 e. The highest BCUT2D eigenvalue weighted by atomic mass is 79.9. The molecule has 0 aliphatic heterocycles. The lowest BCUT2D eigenvalue weighted by Gasteiger charge is -2.10. The summed E-state index contributed by atoms with van der Waals surface area (Å²) in [6.07, 6.45) is 0. The minimum atomic E-state index is -0.984. The minimum Gasteiger partial charge on any atom is -0.480 e. The van der Waals surface area contributed by atoms with Crippen LogP contribution in [0.4, 0.5) is 5.69 Å². The average molecular weight is 315 g/mol. The first-order chi connectivity index (χ1) is 8.40. The van der Waals surface area contributed by atoms with Crippen molar-refractivity contribution in [2.24, 2.45) is 0 Å². The highest BCUT2D eigenvalue weighted by molar-refractivity contribution is 9.10. The van der Waals surface area contributed by atoms with Gasteiger partial charge in [-0.3, -0.25) is 14.9 Å². The van der Waals surface area contributed by atoms with E-state index in [1.807, 2.05) is 19.1 Å². The molecule has 1 atom stereocenters. The third kappa shape index (κ3) is 4.46. The quantitative estimate of drug-likeness (QED) is 0.774. The van der Waals surface area contributed by atoms with Gasteiger partial charge in [-0.05, 0) is 37.6 Å². The van der Waals surface area contributed by atoms with Gasteiger partial charge in [0, 0.05) is 10.2 Å². The van der Waals surface area contributed by atoms with Crippen LogP contribution in [-0.4, -0.2) is 29.6 Å². The number of carboxylic acid groups (broad SMARTS) is 1. The second kappa shape index (κ2) is 6.51. The van der Waals surface area contributed by atoms with Gasteiger partial charge in [-0.1, -0.05) is 15.9 Å². The maximum atomic E-state index is 11.6. The van der Waals surface area contributed by atoms with Gasteiger partial charge in [-0.25, -0.2) is 0 Å². The summed E-state index contributed by atoms with van der Waals surface area (Å²) in [4.78, 5) is 22.1. The van der Waals surface area contributed by atoms with Crippen molar-refractivity contribution in [1.82, 2.24) is 5.32 Å². The van der Waals surface area contributed by atoms with Crippen LogP contribution in [-0.2, 0) is 9.59 Å². The summed E-state index contributed by atoms with van der Waals surface area (Å²) in [5.74, 6) is -1.26. The van der Waals surface area contributed by atoms with E-state index in [1.54, 1.807) is 6.07 Å². The van der Waals surface area contributed by atoms with Gasteiger partial charge in [-0.2, -0.15) is 0 Å². The fourth-order valence-corrected chi connectivity index (χ4v) is 1.51. The number of carboxylic acids is 1. The first-order valence-electron chi connectivity index (χ1n) is 5.42. The van der Waals surface area contributed by atoms with Gasteiger partial charge in [0.25, 0.3) is 0 Å². The molecule has 0 aliphatic rings. The van der Waals surface area contributed by atoms with Crippen molar-refractivity contribution in [3.05, 3.63) is 28.2 Å². The molecule has 0 aromatic heterocycles. The van der Waals surface area contributed by atoms with Crippen LogP contribution in [0.25, 0.3) is 0 Å². The lowest BCUT2D eigenvalue weighted by molar-refractivity contribution is -0.139. The number of hydrogen-bond acceptors (Lipinski definition) is 3. The van der Waals surface area contributed by atoms with Crippen LogP contribution >= 0.6 is 15.9 Å². The second-order valence-corrected chi connectivity index (χ2v) is 4.81. The van der Waals surface area contributed by atoms with Crippen LogP contribution in [0.3, 0.4) is 0 Å². The first-order valence-corrected chi connectivity index (χ1v) is 6.21. The molecule has 0 fully saturated rings. The molecular formula is C12H15BrN2O3. The Balaban J connectivity index is 2.49. The Labute approximate surface area is 114 Å². The second-order valence-electron chi connectivity index (χ2n) is 3.95. The van der Waals surface area contributed by atoms with E-state index >= 15 is 0 Å². The summed E-state index contributed by atoms with van der Waals surface area (Å²) in [5, 5.41) is 13.9. The molecular weight excluding hydrogens is 300 g/mol. The molecule has 0 radical (unpaired) electrons. The molecule has 6 heteroatoms. The van der Waals surface area contributed by atoms with Gasteiger partial charge in [0.15, 0.2) is 0 Å². The lowest BCUT2D eigenvalue weighted by atomic mass is 10.2. The van der Waals surface area contributed by atoms with Crippen LogP contribution in [0.5, 0.6) is 0 Å². The average Bonchev–Trinajstić information content (AvgIpc) is 2.30. The molecule has 1 rings (SSSR count). The summed E-state index contributed by atoms with van der Waals surface area (Å²) in [5.41, 5.74) is 1.70. The topological polar surface area (TPSA) is 78.4 Å². The van der Waals surface area contributed by atoms with Crippen molar-refractivity contribution in [1.29, 1.82) is 0 Å². The Bertz CT molecular complexity index is 463. The normalized spacial score (nSPS) is 11.9. The summed E-state index contributed by atoms with van der Waals surface area (Å²) < 4.78 is 0.970. The zero-order valence-corrected chi connectivity index (χ0v) is 11.7. The van der Waals surface area contributed by atoms with E-state index in [2.05, 4.69) is 26.6 Å². The molecule has 3 N–H and O–H groups in total. The number of benzene rings is 1. The number of aryl methyl sites for hydroxylation is 1. The van der Waals surface area contributed by atoms with E-state index in [0.29, 0.717) is 5.69 Å². The minimum absolute atomic E-state index is 0.0391. The van der Waals surface area contributed by atoms with Gasteiger partial charge in [0.05, 0.1) is 6.54 Å². The maximum absolute atomic E-state index is 11.6. The number of halogens is 1. The van der Waals surface area contributed by atoms with Crippen LogP contribution in [0, 0.1) is 6.92 Å². The molecule has 0 unspecified atom stereocenters. The predicted octanol–water partition coefficient (Wildman–Crippen LogP) is 1.76. The van der Waals surface area contributed by atoms with E-state index in [1.165, 1.54) is 6.92 Å². The summed E-state index contributed by atoms with van der Waals surface area (Å²) >= 11 is 3.37. The van der Waals surface area contributed by atoms with E-state index in [9.17, 15) is 9.59 Å². The SMILES string of the molecule is Cc1cc(NC(=O)CN[C@H](C)C(=O)O)ccc1Br. The number of carbonyl (C=O) groups is 2. The van der Waals surface area contributed by atoms with Gasteiger partial charge in [0.1, 0.15) is 6.04 Å². The molecule has 0 bridgehead atoms. The highest BCUT2D eigenvalue weighted by Gasteiger charge is 2.11. The molecule has 98 valence electrons. The standard InChI is InChI=1S/C12H15BrN2O3/c1-7-5-9(3-4-10(7)13)15-11(16)6-14-8(2)12(17)18/h3-5,8,14H,6H2,1-2H3,(H,15,16)(H,17,18)/t8-/m1/s1. The van der Waals surface area contributed by atoms with Crippen molar-refractivity contribution in [2.45, 2.75) is 19.9 Å². The molecule has 0 aliphatic carbocycles. The number of nitrogens with one attached hydrogen (secondary N) is 2. The number of rotatable bonds is 5. The molecule has 1 aromatic carbocycles. The van der Waals surface area contributed by atoms with Crippen molar-refractivity contribution in [3.8, 4) is 0 Å². The van der Waals surface area contributed by atoms with E-state index in [-0.39, 0.29) is 12.5 Å². The zero-order chi connectivity index (χ0) is 13.7. The van der Waals surface area contributed by atoms with Crippen LogP contribution in [0.15, 0.2) is 22.7 Å². The smallest absolute Gasteiger partial charge is 0.320 e. The Kier molecular flexibility index (Phi) is 5.30. The van der Waals surface area contributed by atoms with Crippen molar-refractivity contribution < 1.29 is 14.7 Å². The largest absolute Gasteiger partial charge is 0.480 e. The van der Waals surface area contributed by atoms with Gasteiger partial charge in [0.2, 0.25) is 5.91 Å². The number of amides is 1. The molecule has 18 heavy (non-hydrogen) atoms. The molecule has 0 saturated heterocycles. The lowest BCUT2D eigenvalue weighted by Crippen LogP contribution is -2.39. The van der Waals surface area contributed by atoms with Crippen LogP contribution < -0.4 is 10.6 Å². The van der Waals surface area contributed by atoms with Crippen molar-refractivity contribution in [2.75, 3.05) is 11.9 Å². The van der Waals surface area contributed by atoms with Crippen molar-refractivity contribution in [3.63, 3.8) is 0 Å². The Morgan fingerprint density at radius 3 is 2.67 bits per heavy atom. The first kappa shape index (κ1) is 14.7. The highest BCUT2D eigenvalue weighted by Crippen LogP contribution is 2.19. The molecule has 0 saturated carbocycles. The van der Waals surface area contributed by atoms with Crippen molar-refractivity contribution >= 4 is 33.5 Å². The fraction of sp³-hybridized carbons (Fsp3) is 0.333. The predicted molar refractivity (Wildman–Crippen MR) is 72.6 cm³/mol. The Morgan fingerprint density at radius 2 is 2.11 bits per heavy atom. The number of hydrogen-bond donors (Lipinski definition) is 3. The monoisotopic (exact) mass is 314 g/mol. The van der Waals surface area contributed by atoms with Gasteiger partial charge >= 0.3 is 5.97 Å². The third-order valence-corrected chi connectivity index (χ3v) is 3.27. The summed E-state index contributed by atoms with van der Waals surface area (Å²) in [6, 6.07) is 4.71. The summed E-state index contributed by atoms with van der Waals surface area (Å²) in [7, 11) is 0. The molecule has 1 aromatic rings. The number of carbonyl (C=O) groups excluding carboxylic acids is 1. The third-order valence-electron chi connectivity index (χ3n) is 2.38. The Morgan fingerprint density at radius 1 is 1.44 bits per heavy atom. The molecule has 0 spiro atoms. The molecule has 5 nitrogen and oxygen atoms in total. The van der Waals surface area contributed by atoms with Gasteiger partial charge < -0.3 is 10.4 Å². The van der Waals surface area contributed by atoms with E-state index < -0.39 is 12.0 Å². The molecule has 1 amide bonds. The number of aliphatic carboxylic acids is 1. The Hall–Kier alpha value is -1.40. The van der Waals surface area contributed by atoms with Gasteiger partial charge in [-0.15, -0.1) is 0 Å². The van der Waals surface area contributed by atoms with Crippen LogP contribution in [0.2, 0.25) is 0 Å². The summed E-state index contributed by atoms with van der Waals surface area (Å²) in [6.45, 7) is 3.37. The number of anilines is 1.